The summed E-state index contributed by atoms with van der Waals surface area (Å²) in [5, 5.41) is 22.6. The molecule has 0 saturated carbocycles. The number of rotatable bonds is 3. The van der Waals surface area contributed by atoms with E-state index in [0.717, 1.165) is 0 Å². The van der Waals surface area contributed by atoms with Gasteiger partial charge in [-0.15, -0.1) is 0 Å². The van der Waals surface area contributed by atoms with Crippen LogP contribution in [0.3, 0.4) is 0 Å². The first-order chi connectivity index (χ1) is 9.67. The molecule has 2 aromatic heterocycles. The molecule has 4 unspecified atom stereocenters. The number of aromatic nitrogens is 4. The third kappa shape index (κ3) is 1.95. The van der Waals surface area contributed by atoms with Gasteiger partial charge < -0.3 is 25.3 Å². The quantitative estimate of drug-likeness (QED) is 0.556. The molecule has 1 aliphatic heterocycles. The van der Waals surface area contributed by atoms with Gasteiger partial charge in [0.1, 0.15) is 23.4 Å². The number of aromatic amines is 1. The molecule has 1 aliphatic rings. The summed E-state index contributed by atoms with van der Waals surface area (Å²) in [4.78, 5) is 11.1. The first kappa shape index (κ1) is 13.6. The normalized spacial score (nSPS) is 30.1. The van der Waals surface area contributed by atoms with E-state index in [1.165, 1.54) is 6.33 Å². The molecular weight excluding hydrogens is 282 g/mol. The van der Waals surface area contributed by atoms with Crippen molar-refractivity contribution in [3.8, 4) is 0 Å². The molecule has 2 aromatic rings. The van der Waals surface area contributed by atoms with Crippen molar-refractivity contribution >= 4 is 23.4 Å². The van der Waals surface area contributed by atoms with E-state index in [2.05, 4.69) is 20.3 Å². The van der Waals surface area contributed by atoms with Crippen LogP contribution in [0.1, 0.15) is 6.23 Å². The molecule has 8 nitrogen and oxygen atoms in total. The number of aliphatic hydroxyl groups excluding tert-OH is 2. The summed E-state index contributed by atoms with van der Waals surface area (Å²) in [6, 6.07) is -0.354. The Balaban J connectivity index is 2.04. The highest BCUT2D eigenvalue weighted by Crippen LogP contribution is 2.30. The van der Waals surface area contributed by atoms with E-state index in [9.17, 15) is 10.2 Å². The van der Waals surface area contributed by atoms with Crippen molar-refractivity contribution in [2.45, 2.75) is 24.5 Å². The maximum absolute atomic E-state index is 10.3. The number of fused-ring (bicyclic) bond motifs is 1. The Morgan fingerprint density at radius 3 is 3.00 bits per heavy atom. The number of hydrogen-bond acceptors (Lipinski definition) is 7. The van der Waals surface area contributed by atoms with Crippen LogP contribution in [0.25, 0.3) is 11.2 Å². The Morgan fingerprint density at radius 1 is 1.55 bits per heavy atom. The third-order valence-corrected chi connectivity index (χ3v) is 3.84. The number of nitrogens with zero attached hydrogens (tertiary/aromatic N) is 3. The maximum Gasteiger partial charge on any atom is 0.164 e. The monoisotopic (exact) mass is 297 g/mol. The largest absolute Gasteiger partial charge is 0.394 e. The van der Waals surface area contributed by atoms with Crippen LogP contribution >= 0.6 is 12.2 Å². The summed E-state index contributed by atoms with van der Waals surface area (Å²) in [5.74, 6) is 0. The fourth-order valence-electron chi connectivity index (χ4n) is 2.55. The summed E-state index contributed by atoms with van der Waals surface area (Å²) in [5.41, 5.74) is 1.18. The van der Waals surface area contributed by atoms with Crippen molar-refractivity contribution in [1.29, 1.82) is 0 Å². The van der Waals surface area contributed by atoms with Gasteiger partial charge in [-0.1, -0.05) is 12.2 Å². The summed E-state index contributed by atoms with van der Waals surface area (Å²) in [7, 11) is 1.71. The Bertz CT molecular complexity index is 671. The highest BCUT2D eigenvalue weighted by Gasteiger charge is 2.43. The number of hydrogen-bond donors (Lipinski definition) is 4. The van der Waals surface area contributed by atoms with E-state index >= 15 is 0 Å². The molecule has 4 atom stereocenters. The zero-order valence-electron chi connectivity index (χ0n) is 10.7. The molecule has 108 valence electrons. The lowest BCUT2D eigenvalue weighted by Crippen LogP contribution is -2.43. The minimum absolute atomic E-state index is 0.177. The zero-order valence-corrected chi connectivity index (χ0v) is 11.5. The molecule has 0 radical (unpaired) electrons. The molecule has 1 saturated heterocycles. The lowest BCUT2D eigenvalue weighted by atomic mass is 10.1. The van der Waals surface area contributed by atoms with Crippen molar-refractivity contribution in [3.63, 3.8) is 0 Å². The van der Waals surface area contributed by atoms with Gasteiger partial charge in [0, 0.05) is 0 Å². The number of ether oxygens (including phenoxy) is 1. The average molecular weight is 297 g/mol. The lowest BCUT2D eigenvalue weighted by molar-refractivity contribution is -0.0489. The third-order valence-electron chi connectivity index (χ3n) is 3.54. The highest BCUT2D eigenvalue weighted by atomic mass is 32.1. The van der Waals surface area contributed by atoms with Gasteiger partial charge >= 0.3 is 0 Å². The van der Waals surface area contributed by atoms with Gasteiger partial charge in [-0.3, -0.25) is 4.57 Å². The van der Waals surface area contributed by atoms with Gasteiger partial charge in [0.05, 0.1) is 25.3 Å². The fraction of sp³-hybridized carbons (Fsp3) is 0.545. The molecule has 0 spiro atoms. The summed E-state index contributed by atoms with van der Waals surface area (Å²) >= 11 is 5.10. The van der Waals surface area contributed by atoms with Crippen LogP contribution in [-0.2, 0) is 4.74 Å². The van der Waals surface area contributed by atoms with Crippen LogP contribution in [-0.4, -0.2) is 61.6 Å². The predicted octanol–water partition coefficient (Wildman–Crippen LogP) is -0.673. The summed E-state index contributed by atoms with van der Waals surface area (Å²) < 4.78 is 7.75. The van der Waals surface area contributed by atoms with Gasteiger partial charge in [-0.2, -0.15) is 0 Å². The number of H-pyrrole nitrogens is 1. The molecule has 3 rings (SSSR count). The maximum atomic E-state index is 10.3. The standard InChI is InChI=1S/C11H15N5O3S/c1-12-6-5(2-17)19-11(8(6)18)16-4-15-7-9(16)13-3-14-10(7)20/h3-6,8,11-12,17-18H,2H2,1H3,(H,13,14,20). The number of imidazole rings is 1. The van der Waals surface area contributed by atoms with Crippen molar-refractivity contribution in [2.24, 2.45) is 0 Å². The van der Waals surface area contributed by atoms with E-state index in [4.69, 9.17) is 17.0 Å². The van der Waals surface area contributed by atoms with E-state index in [0.29, 0.717) is 15.8 Å². The predicted molar refractivity (Wildman–Crippen MR) is 72.6 cm³/mol. The summed E-state index contributed by atoms with van der Waals surface area (Å²) in [6.45, 7) is -0.177. The second-order valence-electron chi connectivity index (χ2n) is 4.61. The molecule has 0 bridgehead atoms. The SMILES string of the molecule is CNC1C(CO)OC(n2cnc3c(=S)nc[nH]c32)C1O. The average Bonchev–Trinajstić information content (AvgIpc) is 3.00. The number of nitrogens with one attached hydrogen (secondary N) is 2. The molecule has 1 fully saturated rings. The molecule has 9 heteroatoms. The Kier molecular flexibility index (Phi) is 3.52. The van der Waals surface area contributed by atoms with Crippen molar-refractivity contribution in [1.82, 2.24) is 24.8 Å². The van der Waals surface area contributed by atoms with Gasteiger partial charge in [0.15, 0.2) is 10.9 Å². The first-order valence-corrected chi connectivity index (χ1v) is 6.60. The van der Waals surface area contributed by atoms with E-state index in [-0.39, 0.29) is 12.6 Å². The molecule has 0 aromatic carbocycles. The number of likely N-dealkylation sites (N-methyl/N-ethyl adjacent to an activating group) is 1. The van der Waals surface area contributed by atoms with Crippen LogP contribution in [0.15, 0.2) is 12.7 Å². The first-order valence-electron chi connectivity index (χ1n) is 6.19. The molecule has 3 heterocycles. The second kappa shape index (κ2) is 5.19. The Labute approximate surface area is 119 Å². The van der Waals surface area contributed by atoms with E-state index in [1.807, 2.05) is 0 Å². The Morgan fingerprint density at radius 2 is 2.35 bits per heavy atom. The molecular formula is C11H15N5O3S. The second-order valence-corrected chi connectivity index (χ2v) is 5.00. The van der Waals surface area contributed by atoms with Gasteiger partial charge in [0.2, 0.25) is 0 Å². The highest BCUT2D eigenvalue weighted by molar-refractivity contribution is 7.71. The molecule has 0 amide bonds. The van der Waals surface area contributed by atoms with Crippen molar-refractivity contribution < 1.29 is 14.9 Å². The van der Waals surface area contributed by atoms with Crippen molar-refractivity contribution in [2.75, 3.05) is 13.7 Å². The fourth-order valence-corrected chi connectivity index (χ4v) is 2.75. The number of aliphatic hydroxyl groups is 2. The van der Waals surface area contributed by atoms with E-state index in [1.54, 1.807) is 17.9 Å². The topological polar surface area (TPSA) is 108 Å². The molecule has 0 aliphatic carbocycles. The minimum atomic E-state index is -0.815. The van der Waals surface area contributed by atoms with Crippen LogP contribution in [0.2, 0.25) is 0 Å². The summed E-state index contributed by atoms with van der Waals surface area (Å²) in [6.07, 6.45) is 1.07. The van der Waals surface area contributed by atoms with Crippen LogP contribution in [0, 0.1) is 4.64 Å². The lowest BCUT2D eigenvalue weighted by Gasteiger charge is -2.18. The van der Waals surface area contributed by atoms with Crippen LogP contribution in [0.5, 0.6) is 0 Å². The van der Waals surface area contributed by atoms with E-state index < -0.39 is 18.4 Å². The molecule has 20 heavy (non-hydrogen) atoms. The molecule has 4 N–H and O–H groups in total. The van der Waals surface area contributed by atoms with Crippen LogP contribution < -0.4 is 5.32 Å². The van der Waals surface area contributed by atoms with Gasteiger partial charge in [0.25, 0.3) is 0 Å². The smallest absolute Gasteiger partial charge is 0.164 e. The Hall–Kier alpha value is -1.39. The van der Waals surface area contributed by atoms with Gasteiger partial charge in [-0.25, -0.2) is 9.97 Å². The van der Waals surface area contributed by atoms with Crippen molar-refractivity contribution in [3.05, 3.63) is 17.3 Å². The van der Waals surface area contributed by atoms with Gasteiger partial charge in [-0.05, 0) is 7.05 Å². The zero-order chi connectivity index (χ0) is 14.3. The minimum Gasteiger partial charge on any atom is -0.394 e. The van der Waals surface area contributed by atoms with Crippen LogP contribution in [0.4, 0.5) is 0 Å².